The van der Waals surface area contributed by atoms with Crippen LogP contribution in [0.1, 0.15) is 14.5 Å². The van der Waals surface area contributed by atoms with E-state index in [0.29, 0.717) is 9.90 Å². The van der Waals surface area contributed by atoms with Gasteiger partial charge in [0.2, 0.25) is 9.84 Å². The molecule has 33 heavy (non-hydrogen) atoms. The first-order valence-corrected chi connectivity index (χ1v) is 14.1. The van der Waals surface area contributed by atoms with E-state index in [2.05, 4.69) is 15.3 Å². The summed E-state index contributed by atoms with van der Waals surface area (Å²) < 4.78 is 56.2. The van der Waals surface area contributed by atoms with E-state index >= 15 is 0 Å². The average molecular weight is 544 g/mol. The number of esters is 1. The molecule has 0 aliphatic rings. The van der Waals surface area contributed by atoms with E-state index in [1.165, 1.54) is 47.1 Å². The van der Waals surface area contributed by atoms with Gasteiger partial charge in [0.15, 0.2) is 9.84 Å². The molecule has 2 aromatic heterocycles. The average Bonchev–Trinajstić information content (AvgIpc) is 3.43. The van der Waals surface area contributed by atoms with Crippen LogP contribution in [0.25, 0.3) is 0 Å². The van der Waals surface area contributed by atoms with Crippen molar-refractivity contribution in [3.8, 4) is 6.07 Å². The zero-order chi connectivity index (χ0) is 24.2. The number of nitriles is 1. The number of hydrogen-bond acceptors (Lipinski definition) is 11. The van der Waals surface area contributed by atoms with Crippen LogP contribution in [-0.4, -0.2) is 35.0 Å². The molecule has 1 aromatic carbocycles. The van der Waals surface area contributed by atoms with Crippen molar-refractivity contribution < 1.29 is 26.4 Å². The van der Waals surface area contributed by atoms with Crippen LogP contribution in [0.15, 0.2) is 62.1 Å². The van der Waals surface area contributed by atoms with E-state index in [4.69, 9.17) is 11.6 Å². The quantitative estimate of drug-likeness (QED) is 0.204. The summed E-state index contributed by atoms with van der Waals surface area (Å²) in [4.78, 5) is 12.1. The smallest absolute Gasteiger partial charge is 0.350 e. The van der Waals surface area contributed by atoms with Crippen molar-refractivity contribution >= 4 is 70.6 Å². The lowest BCUT2D eigenvalue weighted by molar-refractivity contribution is 0.0607. The Kier molecular flexibility index (Phi) is 7.55. The number of carbonyl (C=O) groups excluding carboxylic acids is 1. The highest BCUT2D eigenvalue weighted by Crippen LogP contribution is 2.35. The van der Waals surface area contributed by atoms with E-state index in [1.807, 2.05) is 0 Å². The fourth-order valence-corrected chi connectivity index (χ4v) is 7.59. The van der Waals surface area contributed by atoms with Crippen LogP contribution in [0.5, 0.6) is 0 Å². The molecule has 0 fully saturated rings. The van der Waals surface area contributed by atoms with Gasteiger partial charge in [-0.3, -0.25) is 5.43 Å². The number of methoxy groups -OCH3 is 1. The molecular weight excluding hydrogens is 530 g/mol. The third-order valence-corrected chi connectivity index (χ3v) is 9.81. The van der Waals surface area contributed by atoms with Gasteiger partial charge in [0, 0.05) is 15.3 Å². The first-order chi connectivity index (χ1) is 15.6. The largest absolute Gasteiger partial charge is 0.465 e. The predicted molar refractivity (Wildman–Crippen MR) is 126 cm³/mol. The fourth-order valence-electron chi connectivity index (χ4n) is 2.56. The number of anilines is 1. The van der Waals surface area contributed by atoms with Crippen LogP contribution in [0.3, 0.4) is 0 Å². The second kappa shape index (κ2) is 10.0. The minimum Gasteiger partial charge on any atom is -0.465 e. The molecular formula is C19H14ClN3O6S4. The summed E-state index contributed by atoms with van der Waals surface area (Å²) in [5, 5.41) is 15.3. The highest BCUT2D eigenvalue weighted by atomic mass is 35.5. The fraction of sp³-hybridized carbons (Fsp3) is 0.105. The molecule has 3 aromatic rings. The van der Waals surface area contributed by atoms with Gasteiger partial charge in [-0.25, -0.2) is 21.6 Å². The van der Waals surface area contributed by atoms with Gasteiger partial charge in [-0.15, -0.1) is 22.7 Å². The van der Waals surface area contributed by atoms with Crippen molar-refractivity contribution in [1.29, 1.82) is 5.26 Å². The van der Waals surface area contributed by atoms with Crippen LogP contribution in [-0.2, 0) is 30.2 Å². The van der Waals surface area contributed by atoms with Crippen molar-refractivity contribution in [2.24, 2.45) is 5.10 Å². The molecule has 2 heterocycles. The third-order valence-electron chi connectivity index (χ3n) is 4.12. The van der Waals surface area contributed by atoms with Gasteiger partial charge < -0.3 is 4.74 Å². The van der Waals surface area contributed by atoms with E-state index < -0.39 is 30.7 Å². The maximum absolute atomic E-state index is 13.0. The molecule has 0 aliphatic carbocycles. The number of halogens is 1. The molecule has 0 spiro atoms. The Bertz CT molecular complexity index is 1450. The van der Waals surface area contributed by atoms with Gasteiger partial charge in [0.25, 0.3) is 5.04 Å². The number of rotatable bonds is 7. The van der Waals surface area contributed by atoms with E-state index in [1.54, 1.807) is 17.5 Å². The second-order valence-corrected chi connectivity index (χ2v) is 12.4. The Morgan fingerprint density at radius 3 is 2.45 bits per heavy atom. The Labute approximate surface area is 202 Å². The highest BCUT2D eigenvalue weighted by Gasteiger charge is 2.29. The van der Waals surface area contributed by atoms with Gasteiger partial charge in [0.1, 0.15) is 21.5 Å². The number of nitrogens with one attached hydrogen (secondary N) is 1. The van der Waals surface area contributed by atoms with Crippen LogP contribution in [0.4, 0.5) is 5.69 Å². The molecule has 0 bridgehead atoms. The molecule has 0 radical (unpaired) electrons. The molecule has 0 saturated heterocycles. The monoisotopic (exact) mass is 543 g/mol. The topological polar surface area (TPSA) is 143 Å². The molecule has 0 atom stereocenters. The SMILES string of the molecule is COC(=O)c1scc(S(=O)(=O)Cc2cccs2)c1N/N=C(/C#N)S(=O)(=O)c1ccc(Cl)cc1. The van der Waals surface area contributed by atoms with Gasteiger partial charge in [0.05, 0.1) is 17.8 Å². The van der Waals surface area contributed by atoms with Crippen molar-refractivity contribution in [3.63, 3.8) is 0 Å². The molecule has 14 heteroatoms. The van der Waals surface area contributed by atoms with Crippen LogP contribution in [0.2, 0.25) is 5.02 Å². The molecule has 0 amide bonds. The van der Waals surface area contributed by atoms with Crippen molar-refractivity contribution in [2.45, 2.75) is 15.5 Å². The number of sulfone groups is 2. The zero-order valence-electron chi connectivity index (χ0n) is 16.7. The number of benzene rings is 1. The van der Waals surface area contributed by atoms with E-state index in [9.17, 15) is 26.9 Å². The lowest BCUT2D eigenvalue weighted by atomic mass is 10.4. The first-order valence-electron chi connectivity index (χ1n) is 8.79. The van der Waals surface area contributed by atoms with Crippen LogP contribution < -0.4 is 5.43 Å². The van der Waals surface area contributed by atoms with Gasteiger partial charge >= 0.3 is 5.97 Å². The van der Waals surface area contributed by atoms with E-state index in [0.717, 1.165) is 18.4 Å². The van der Waals surface area contributed by atoms with Gasteiger partial charge in [-0.05, 0) is 35.7 Å². The van der Waals surface area contributed by atoms with E-state index in [-0.39, 0.29) is 26.1 Å². The minimum absolute atomic E-state index is 0.146. The minimum atomic E-state index is -4.34. The van der Waals surface area contributed by atoms with Crippen molar-refractivity contribution in [1.82, 2.24) is 0 Å². The molecule has 0 unspecified atom stereocenters. The van der Waals surface area contributed by atoms with Crippen molar-refractivity contribution in [3.05, 3.63) is 61.9 Å². The number of hydrogen-bond donors (Lipinski definition) is 1. The predicted octanol–water partition coefficient (Wildman–Crippen LogP) is 3.95. The molecule has 0 aliphatic heterocycles. The number of carbonyl (C=O) groups is 1. The molecule has 1 N–H and O–H groups in total. The maximum atomic E-state index is 13.0. The zero-order valence-corrected chi connectivity index (χ0v) is 20.7. The summed E-state index contributed by atoms with van der Waals surface area (Å²) in [6.07, 6.45) is 0. The van der Waals surface area contributed by atoms with Crippen LogP contribution >= 0.6 is 34.3 Å². The lowest BCUT2D eigenvalue weighted by Crippen LogP contribution is -2.16. The summed E-state index contributed by atoms with van der Waals surface area (Å²) in [6.45, 7) is 0. The summed E-state index contributed by atoms with van der Waals surface area (Å²) in [6, 6.07) is 9.90. The normalized spacial score (nSPS) is 12.2. The number of nitrogens with zero attached hydrogens (tertiary/aromatic N) is 2. The lowest BCUT2D eigenvalue weighted by Gasteiger charge is -2.08. The summed E-state index contributed by atoms with van der Waals surface area (Å²) >= 11 is 7.80. The third kappa shape index (κ3) is 5.43. The first kappa shape index (κ1) is 24.9. The van der Waals surface area contributed by atoms with Gasteiger partial charge in [-0.2, -0.15) is 10.4 Å². The van der Waals surface area contributed by atoms with Gasteiger partial charge in [-0.1, -0.05) is 17.7 Å². The Balaban J connectivity index is 2.05. The summed E-state index contributed by atoms with van der Waals surface area (Å²) in [7, 11) is -7.18. The maximum Gasteiger partial charge on any atom is 0.350 e. The Morgan fingerprint density at radius 2 is 1.88 bits per heavy atom. The Morgan fingerprint density at radius 1 is 1.18 bits per heavy atom. The number of hydrazone groups is 1. The summed E-state index contributed by atoms with van der Waals surface area (Å²) in [5.74, 6) is -1.19. The summed E-state index contributed by atoms with van der Waals surface area (Å²) in [5.41, 5.74) is 2.02. The number of thiophene rings is 2. The molecule has 172 valence electrons. The molecule has 0 saturated carbocycles. The second-order valence-electron chi connectivity index (χ2n) is 6.23. The van der Waals surface area contributed by atoms with Crippen LogP contribution in [0, 0.1) is 11.3 Å². The molecule has 3 rings (SSSR count). The standard InChI is InChI=1S/C19H14ClN3O6S4/c1-29-19(24)18-17(15(10-31-18)32(25,26)11-13-3-2-8-30-13)23-22-16(9-21)33(27,28)14-6-4-12(20)5-7-14/h2-8,10,23H,11H2,1H3/b22-16-. The van der Waals surface area contributed by atoms with Crippen molar-refractivity contribution in [2.75, 3.05) is 12.5 Å². The number of ether oxygens (including phenoxy) is 1. The highest BCUT2D eigenvalue weighted by molar-refractivity contribution is 8.07. The molecule has 9 nitrogen and oxygen atoms in total. The Hall–Kier alpha value is -2.76.